The van der Waals surface area contributed by atoms with Gasteiger partial charge in [0.15, 0.2) is 11.6 Å². The molecule has 0 spiro atoms. The number of halogens is 1. The van der Waals surface area contributed by atoms with Gasteiger partial charge in [0, 0.05) is 47.0 Å². The first-order chi connectivity index (χ1) is 16.2. The zero-order chi connectivity index (χ0) is 24.9. The zero-order valence-electron chi connectivity index (χ0n) is 19.4. The summed E-state index contributed by atoms with van der Waals surface area (Å²) in [5.74, 6) is 0.518. The summed E-state index contributed by atoms with van der Waals surface area (Å²) in [5.41, 5.74) is 0.509. The van der Waals surface area contributed by atoms with Gasteiger partial charge in [0.25, 0.3) is 0 Å². The van der Waals surface area contributed by atoms with Crippen molar-refractivity contribution in [2.24, 2.45) is 7.05 Å². The predicted molar refractivity (Wildman–Crippen MR) is 124 cm³/mol. The van der Waals surface area contributed by atoms with Gasteiger partial charge in [0.05, 0.1) is 24.3 Å². The van der Waals surface area contributed by atoms with E-state index in [2.05, 4.69) is 30.0 Å². The van der Waals surface area contributed by atoms with Crippen LogP contribution in [0.1, 0.15) is 24.9 Å². The second kappa shape index (κ2) is 11.2. The number of sulfonamides is 1. The van der Waals surface area contributed by atoms with Crippen molar-refractivity contribution in [2.45, 2.75) is 24.3 Å². The molecule has 0 fully saturated rings. The molecule has 0 aromatic carbocycles. The molecule has 0 saturated carbocycles. The van der Waals surface area contributed by atoms with E-state index in [0.717, 1.165) is 0 Å². The third-order valence-electron chi connectivity index (χ3n) is 5.02. The molecule has 3 heterocycles. The Morgan fingerprint density at radius 3 is 2.29 bits per heavy atom. The maximum absolute atomic E-state index is 13.3. The fraction of sp³-hybridized carbons (Fsp3) is 0.526. The standard InChI is InChI=1S/C19H27ClN8O5S/c1-12(16(33-5)17-21-8-13(20)9-22-17)34(29,30)26-19-24-23-18(15-6-7-27(2)25-15)28(19)14(10-31-3)11-32-4/h6-9,12,14,16H,10-11H2,1-5H3,(H,24,26). The van der Waals surface area contributed by atoms with Crippen LogP contribution >= 0.6 is 11.6 Å². The summed E-state index contributed by atoms with van der Waals surface area (Å²) in [6, 6.07) is 1.31. The Balaban J connectivity index is 1.99. The van der Waals surface area contributed by atoms with Gasteiger partial charge in [0.1, 0.15) is 17.0 Å². The third kappa shape index (κ3) is 5.70. The number of nitrogens with one attached hydrogen (secondary N) is 1. The molecule has 2 atom stereocenters. The number of nitrogens with zero attached hydrogens (tertiary/aromatic N) is 7. The topological polar surface area (TPSA) is 148 Å². The summed E-state index contributed by atoms with van der Waals surface area (Å²) in [4.78, 5) is 8.19. The van der Waals surface area contributed by atoms with Crippen LogP contribution in [0.2, 0.25) is 5.02 Å². The maximum atomic E-state index is 13.3. The molecule has 3 aromatic rings. The second-order valence-electron chi connectivity index (χ2n) is 7.42. The van der Waals surface area contributed by atoms with E-state index < -0.39 is 27.4 Å². The van der Waals surface area contributed by atoms with Crippen LogP contribution < -0.4 is 4.72 Å². The average Bonchev–Trinajstić information content (AvgIpc) is 3.41. The highest BCUT2D eigenvalue weighted by Gasteiger charge is 2.35. The Kier molecular flexibility index (Phi) is 8.54. The molecule has 34 heavy (non-hydrogen) atoms. The molecular weight excluding hydrogens is 488 g/mol. The van der Waals surface area contributed by atoms with Crippen LogP contribution in [-0.4, -0.2) is 82.7 Å². The first-order valence-corrected chi connectivity index (χ1v) is 12.1. The number of aryl methyl sites for hydroxylation is 1. The number of aromatic nitrogens is 7. The average molecular weight is 515 g/mol. The minimum atomic E-state index is -4.05. The van der Waals surface area contributed by atoms with Crippen molar-refractivity contribution in [1.29, 1.82) is 0 Å². The van der Waals surface area contributed by atoms with Crippen LogP contribution in [0.4, 0.5) is 5.95 Å². The molecular formula is C19H27ClN8O5S. The largest absolute Gasteiger partial charge is 0.382 e. The Labute approximate surface area is 202 Å². The molecule has 3 aromatic heterocycles. The first kappa shape index (κ1) is 26.0. The highest BCUT2D eigenvalue weighted by atomic mass is 35.5. The molecule has 186 valence electrons. The lowest BCUT2D eigenvalue weighted by atomic mass is 10.2. The lowest BCUT2D eigenvalue weighted by molar-refractivity contribution is 0.0907. The summed E-state index contributed by atoms with van der Waals surface area (Å²) in [5, 5.41) is 11.9. The van der Waals surface area contributed by atoms with Gasteiger partial charge >= 0.3 is 0 Å². The van der Waals surface area contributed by atoms with E-state index in [1.807, 2.05) is 0 Å². The van der Waals surface area contributed by atoms with E-state index >= 15 is 0 Å². The molecule has 13 nitrogen and oxygen atoms in total. The summed E-state index contributed by atoms with van der Waals surface area (Å²) >= 11 is 5.85. The zero-order valence-corrected chi connectivity index (χ0v) is 21.0. The second-order valence-corrected chi connectivity index (χ2v) is 9.90. The number of hydrogen-bond acceptors (Lipinski definition) is 10. The Morgan fingerprint density at radius 2 is 1.76 bits per heavy atom. The fourth-order valence-electron chi connectivity index (χ4n) is 3.36. The van der Waals surface area contributed by atoms with Crippen molar-refractivity contribution in [3.05, 3.63) is 35.5 Å². The van der Waals surface area contributed by atoms with Crippen LogP contribution in [0.15, 0.2) is 24.7 Å². The molecule has 3 rings (SSSR count). The number of methoxy groups -OCH3 is 3. The van der Waals surface area contributed by atoms with Crippen molar-refractivity contribution in [3.8, 4) is 11.5 Å². The van der Waals surface area contributed by atoms with Gasteiger partial charge < -0.3 is 14.2 Å². The van der Waals surface area contributed by atoms with Gasteiger partial charge in [-0.3, -0.25) is 14.0 Å². The molecule has 1 N–H and O–H groups in total. The van der Waals surface area contributed by atoms with Crippen molar-refractivity contribution in [2.75, 3.05) is 39.3 Å². The normalized spacial score (nSPS) is 13.9. The molecule has 15 heteroatoms. The monoisotopic (exact) mass is 514 g/mol. The van der Waals surface area contributed by atoms with Crippen LogP contribution in [0.3, 0.4) is 0 Å². The van der Waals surface area contributed by atoms with Crippen molar-refractivity contribution in [1.82, 2.24) is 34.5 Å². The highest BCUT2D eigenvalue weighted by Crippen LogP contribution is 2.28. The summed E-state index contributed by atoms with van der Waals surface area (Å²) in [7, 11) is 2.17. The van der Waals surface area contributed by atoms with Crippen LogP contribution in [0.25, 0.3) is 11.5 Å². The van der Waals surface area contributed by atoms with Gasteiger partial charge in [-0.1, -0.05) is 11.6 Å². The van der Waals surface area contributed by atoms with Crippen LogP contribution in [0.5, 0.6) is 0 Å². The quantitative estimate of drug-likeness (QED) is 0.376. The van der Waals surface area contributed by atoms with Gasteiger partial charge in [0.2, 0.25) is 16.0 Å². The van der Waals surface area contributed by atoms with E-state index in [4.69, 9.17) is 25.8 Å². The maximum Gasteiger partial charge on any atom is 0.240 e. The van der Waals surface area contributed by atoms with E-state index in [1.54, 1.807) is 28.6 Å². The SMILES string of the molecule is COCC(COC)n1c(NS(=O)(=O)C(C)C(OC)c2ncc(Cl)cn2)nnc1-c1ccn(C)n1. The lowest BCUT2D eigenvalue weighted by Crippen LogP contribution is -2.34. The number of anilines is 1. The van der Waals surface area contributed by atoms with Crippen LogP contribution in [-0.2, 0) is 31.3 Å². The van der Waals surface area contributed by atoms with Crippen molar-refractivity contribution in [3.63, 3.8) is 0 Å². The minimum absolute atomic E-state index is 0.0153. The lowest BCUT2D eigenvalue weighted by Gasteiger charge is -2.24. The molecule has 0 saturated heterocycles. The molecule has 0 amide bonds. The molecule has 2 unspecified atom stereocenters. The summed E-state index contributed by atoms with van der Waals surface area (Å²) < 4.78 is 48.5. The highest BCUT2D eigenvalue weighted by molar-refractivity contribution is 7.93. The van der Waals surface area contributed by atoms with Gasteiger partial charge in [-0.15, -0.1) is 10.2 Å². The van der Waals surface area contributed by atoms with Gasteiger partial charge in [-0.05, 0) is 13.0 Å². The summed E-state index contributed by atoms with van der Waals surface area (Å²) in [6.07, 6.45) is 3.53. The first-order valence-electron chi connectivity index (χ1n) is 10.2. The van der Waals surface area contributed by atoms with Gasteiger partial charge in [-0.2, -0.15) is 5.10 Å². The third-order valence-corrected chi connectivity index (χ3v) is 6.91. The number of ether oxygens (including phenoxy) is 3. The van der Waals surface area contributed by atoms with E-state index in [0.29, 0.717) is 16.5 Å². The summed E-state index contributed by atoms with van der Waals surface area (Å²) in [6.45, 7) is 1.92. The van der Waals surface area contributed by atoms with Crippen molar-refractivity contribution < 1.29 is 22.6 Å². The van der Waals surface area contributed by atoms with E-state index in [9.17, 15) is 8.42 Å². The Morgan fingerprint density at radius 1 is 1.12 bits per heavy atom. The molecule has 0 aliphatic carbocycles. The molecule has 0 aliphatic rings. The van der Waals surface area contributed by atoms with E-state index in [1.165, 1.54) is 40.6 Å². The fourth-order valence-corrected chi connectivity index (χ4v) is 4.59. The molecule has 0 radical (unpaired) electrons. The van der Waals surface area contributed by atoms with Gasteiger partial charge in [-0.25, -0.2) is 18.4 Å². The molecule has 0 aliphatic heterocycles. The van der Waals surface area contributed by atoms with E-state index in [-0.39, 0.29) is 25.0 Å². The Hall–Kier alpha value is -2.65. The predicted octanol–water partition coefficient (Wildman–Crippen LogP) is 1.47. The van der Waals surface area contributed by atoms with Crippen LogP contribution in [0, 0.1) is 0 Å². The van der Waals surface area contributed by atoms with Crippen molar-refractivity contribution >= 4 is 27.6 Å². The molecule has 0 bridgehead atoms. The minimum Gasteiger partial charge on any atom is -0.382 e. The smallest absolute Gasteiger partial charge is 0.240 e. The number of rotatable bonds is 12. The Bertz CT molecular complexity index is 1180. The number of hydrogen-bond donors (Lipinski definition) is 1.